The number of anilines is 1. The molecule has 2 heterocycles. The van der Waals surface area contributed by atoms with Crippen LogP contribution in [0.3, 0.4) is 0 Å². The van der Waals surface area contributed by atoms with Crippen molar-refractivity contribution in [3.63, 3.8) is 0 Å². The van der Waals surface area contributed by atoms with E-state index in [9.17, 15) is 24.9 Å². The van der Waals surface area contributed by atoms with Gasteiger partial charge in [-0.25, -0.2) is 9.59 Å². The van der Waals surface area contributed by atoms with Crippen LogP contribution in [0, 0.1) is 0 Å². The number of aliphatic hydroxyl groups is 3. The Morgan fingerprint density at radius 1 is 0.974 bits per heavy atom. The Kier molecular flexibility index (Phi) is 7.83. The summed E-state index contributed by atoms with van der Waals surface area (Å²) >= 11 is 0. The molecule has 5 rings (SSSR count). The van der Waals surface area contributed by atoms with Gasteiger partial charge in [0.1, 0.15) is 18.3 Å². The molecule has 0 bridgehead atoms. The van der Waals surface area contributed by atoms with Crippen LogP contribution in [0.15, 0.2) is 66.7 Å². The van der Waals surface area contributed by atoms with Crippen molar-refractivity contribution in [2.75, 3.05) is 18.0 Å². The zero-order chi connectivity index (χ0) is 27.7. The summed E-state index contributed by atoms with van der Waals surface area (Å²) < 4.78 is 10.1. The SMILES string of the molecule is C[C@@H](N[C@H]1CCN(c2ccc(C(=O)O[C@@H]3O[C@H](C(=O)O)[C@@H](O)[C@H](O)[C@H]3O)cc2)C1)c1cccc2ccccc12. The normalized spacial score (nSPS) is 27.8. The summed E-state index contributed by atoms with van der Waals surface area (Å²) in [6.07, 6.45) is -8.13. The molecular weight excluding hydrogens is 504 g/mol. The van der Waals surface area contributed by atoms with Crippen molar-refractivity contribution in [1.82, 2.24) is 5.32 Å². The highest BCUT2D eigenvalue weighted by atomic mass is 16.7. The smallest absolute Gasteiger partial charge is 0.340 e. The molecule has 5 N–H and O–H groups in total. The molecular formula is C29H32N2O8. The predicted molar refractivity (Wildman–Crippen MR) is 142 cm³/mol. The van der Waals surface area contributed by atoms with Crippen molar-refractivity contribution < 1.29 is 39.5 Å². The molecule has 7 atom stereocenters. The summed E-state index contributed by atoms with van der Waals surface area (Å²) in [5, 5.41) is 45.2. The highest BCUT2D eigenvalue weighted by Gasteiger charge is 2.48. The molecule has 3 aromatic rings. The second kappa shape index (κ2) is 11.3. The summed E-state index contributed by atoms with van der Waals surface area (Å²) in [5.74, 6) is -2.41. The van der Waals surface area contributed by atoms with Gasteiger partial charge in [0.05, 0.1) is 5.56 Å². The van der Waals surface area contributed by atoms with E-state index in [0.29, 0.717) is 0 Å². The quantitative estimate of drug-likeness (QED) is 0.283. The Labute approximate surface area is 225 Å². The van der Waals surface area contributed by atoms with Crippen LogP contribution in [0.25, 0.3) is 10.8 Å². The van der Waals surface area contributed by atoms with Gasteiger partial charge < -0.3 is 40.1 Å². The van der Waals surface area contributed by atoms with Gasteiger partial charge in [0.25, 0.3) is 0 Å². The molecule has 0 aromatic heterocycles. The molecule has 0 saturated carbocycles. The molecule has 0 spiro atoms. The molecule has 3 aromatic carbocycles. The largest absolute Gasteiger partial charge is 0.479 e. The molecule has 10 nitrogen and oxygen atoms in total. The number of esters is 1. The first-order valence-electron chi connectivity index (χ1n) is 12.9. The monoisotopic (exact) mass is 536 g/mol. The number of carboxylic acids is 1. The lowest BCUT2D eigenvalue weighted by Crippen LogP contribution is -2.60. The summed E-state index contributed by atoms with van der Waals surface area (Å²) in [6, 6.07) is 21.9. The topological polar surface area (TPSA) is 149 Å². The van der Waals surface area contributed by atoms with Crippen LogP contribution < -0.4 is 10.2 Å². The van der Waals surface area contributed by atoms with Gasteiger partial charge in [-0.2, -0.15) is 0 Å². The molecule has 10 heteroatoms. The predicted octanol–water partition coefficient (Wildman–Crippen LogP) is 1.82. The van der Waals surface area contributed by atoms with Gasteiger partial charge in [-0.3, -0.25) is 0 Å². The number of fused-ring (bicyclic) bond motifs is 1. The second-order valence-electron chi connectivity index (χ2n) is 10.1. The second-order valence-corrected chi connectivity index (χ2v) is 10.1. The van der Waals surface area contributed by atoms with E-state index in [-0.39, 0.29) is 17.6 Å². The minimum atomic E-state index is -1.86. The standard InChI is InChI=1S/C29H32N2O8/c1-16(21-8-4-6-17-5-2-3-7-22(17)21)30-19-13-14-31(15-19)20-11-9-18(10-12-20)28(37)39-29-25(34)23(32)24(33)26(38-29)27(35)36/h2-12,16,19,23-26,29-30,32-34H,13-15H2,1H3,(H,35,36)/t16-,19+,23+,24+,25-,26+,29+/m1/s1. The first kappa shape index (κ1) is 27.0. The van der Waals surface area contributed by atoms with E-state index in [1.807, 2.05) is 6.07 Å². The van der Waals surface area contributed by atoms with E-state index in [1.54, 1.807) is 24.3 Å². The van der Waals surface area contributed by atoms with Crippen molar-refractivity contribution in [2.24, 2.45) is 0 Å². The molecule has 0 aliphatic carbocycles. The number of nitrogens with one attached hydrogen (secondary N) is 1. The number of carbonyl (C=O) groups is 2. The number of benzene rings is 3. The molecule has 0 radical (unpaired) electrons. The van der Waals surface area contributed by atoms with Crippen molar-refractivity contribution in [3.8, 4) is 0 Å². The third kappa shape index (κ3) is 5.61. The number of ether oxygens (including phenoxy) is 2. The van der Waals surface area contributed by atoms with Crippen LogP contribution in [0.4, 0.5) is 5.69 Å². The maximum atomic E-state index is 12.6. The molecule has 0 unspecified atom stereocenters. The first-order chi connectivity index (χ1) is 18.7. The number of aliphatic carboxylic acids is 1. The highest BCUT2D eigenvalue weighted by molar-refractivity contribution is 5.90. The summed E-state index contributed by atoms with van der Waals surface area (Å²) in [6.45, 7) is 3.83. The van der Waals surface area contributed by atoms with Gasteiger partial charge in [-0.05, 0) is 53.9 Å². The van der Waals surface area contributed by atoms with Gasteiger partial charge in [-0.15, -0.1) is 0 Å². The van der Waals surface area contributed by atoms with Gasteiger partial charge in [-0.1, -0.05) is 42.5 Å². The highest BCUT2D eigenvalue weighted by Crippen LogP contribution is 2.28. The van der Waals surface area contributed by atoms with Crippen molar-refractivity contribution in [3.05, 3.63) is 77.9 Å². The van der Waals surface area contributed by atoms with Gasteiger partial charge >= 0.3 is 11.9 Å². The Morgan fingerprint density at radius 3 is 2.44 bits per heavy atom. The molecule has 2 fully saturated rings. The maximum Gasteiger partial charge on any atom is 0.340 e. The Hall–Kier alpha value is -3.54. The molecule has 39 heavy (non-hydrogen) atoms. The zero-order valence-electron chi connectivity index (χ0n) is 21.4. The Balaban J connectivity index is 1.18. The van der Waals surface area contributed by atoms with E-state index in [2.05, 4.69) is 53.5 Å². The third-order valence-electron chi connectivity index (χ3n) is 7.47. The summed E-state index contributed by atoms with van der Waals surface area (Å²) in [7, 11) is 0. The lowest BCUT2D eigenvalue weighted by atomic mass is 9.99. The van der Waals surface area contributed by atoms with Gasteiger partial charge in [0, 0.05) is 30.9 Å². The maximum absolute atomic E-state index is 12.6. The third-order valence-corrected chi connectivity index (χ3v) is 7.47. The molecule has 2 saturated heterocycles. The molecule has 2 aliphatic heterocycles. The van der Waals surface area contributed by atoms with Crippen LogP contribution in [-0.4, -0.2) is 82.2 Å². The van der Waals surface area contributed by atoms with E-state index in [0.717, 1.165) is 25.2 Å². The van der Waals surface area contributed by atoms with Crippen molar-refractivity contribution >= 4 is 28.4 Å². The fraction of sp³-hybridized carbons (Fsp3) is 0.379. The van der Waals surface area contributed by atoms with Gasteiger partial charge in [0.15, 0.2) is 6.10 Å². The number of hydrogen-bond acceptors (Lipinski definition) is 9. The summed E-state index contributed by atoms with van der Waals surface area (Å²) in [5.41, 5.74) is 2.37. The van der Waals surface area contributed by atoms with E-state index in [1.165, 1.54) is 16.3 Å². The number of nitrogens with zero attached hydrogens (tertiary/aromatic N) is 1. The Bertz CT molecular complexity index is 1330. The number of aliphatic hydroxyl groups excluding tert-OH is 3. The number of carbonyl (C=O) groups excluding carboxylic acids is 1. The van der Waals surface area contributed by atoms with E-state index < -0.39 is 42.6 Å². The van der Waals surface area contributed by atoms with Crippen molar-refractivity contribution in [2.45, 2.75) is 56.1 Å². The van der Waals surface area contributed by atoms with Crippen LogP contribution in [-0.2, 0) is 14.3 Å². The number of carboxylic acid groups (broad SMARTS) is 1. The average Bonchev–Trinajstić information content (AvgIpc) is 3.41. The lowest BCUT2D eigenvalue weighted by Gasteiger charge is -2.37. The summed E-state index contributed by atoms with van der Waals surface area (Å²) in [4.78, 5) is 26.1. The molecule has 0 amide bonds. The van der Waals surface area contributed by atoms with E-state index in [4.69, 9.17) is 14.6 Å². The fourth-order valence-electron chi connectivity index (χ4n) is 5.33. The van der Waals surface area contributed by atoms with E-state index >= 15 is 0 Å². The zero-order valence-corrected chi connectivity index (χ0v) is 21.4. The van der Waals surface area contributed by atoms with Crippen LogP contribution >= 0.6 is 0 Å². The Morgan fingerprint density at radius 2 is 1.69 bits per heavy atom. The minimum Gasteiger partial charge on any atom is -0.479 e. The molecule has 206 valence electrons. The van der Waals surface area contributed by atoms with Crippen molar-refractivity contribution in [1.29, 1.82) is 0 Å². The lowest BCUT2D eigenvalue weighted by molar-refractivity contribution is -0.278. The fourth-order valence-corrected chi connectivity index (χ4v) is 5.33. The average molecular weight is 537 g/mol. The minimum absolute atomic E-state index is 0.167. The number of rotatable bonds is 7. The van der Waals surface area contributed by atoms with Gasteiger partial charge in [0.2, 0.25) is 6.29 Å². The van der Waals surface area contributed by atoms with Crippen LogP contribution in [0.2, 0.25) is 0 Å². The molecule has 2 aliphatic rings. The first-order valence-corrected chi connectivity index (χ1v) is 12.9. The van der Waals surface area contributed by atoms with Crippen LogP contribution in [0.5, 0.6) is 0 Å². The van der Waals surface area contributed by atoms with Crippen LogP contribution in [0.1, 0.15) is 35.3 Å². The number of hydrogen-bond donors (Lipinski definition) is 5.